The summed E-state index contributed by atoms with van der Waals surface area (Å²) in [6.07, 6.45) is 1.24. The third-order valence-corrected chi connectivity index (χ3v) is 5.26. The van der Waals surface area contributed by atoms with Crippen LogP contribution in [0, 0.1) is 0 Å². The van der Waals surface area contributed by atoms with Crippen LogP contribution in [0.1, 0.15) is 45.2 Å². The second kappa shape index (κ2) is 8.90. The summed E-state index contributed by atoms with van der Waals surface area (Å²) >= 11 is 0. The molecule has 3 rings (SSSR count). The quantitative estimate of drug-likeness (QED) is 0.670. The highest BCUT2D eigenvalue weighted by molar-refractivity contribution is 5.84. The number of nitrogens with one attached hydrogen (secondary N) is 1. The minimum Gasteiger partial charge on any atom is -0.352 e. The Bertz CT molecular complexity index is 1120. The van der Waals surface area contributed by atoms with E-state index < -0.39 is 11.7 Å². The highest BCUT2D eigenvalue weighted by Crippen LogP contribution is 2.17. The van der Waals surface area contributed by atoms with Gasteiger partial charge in [-0.05, 0) is 37.5 Å². The summed E-state index contributed by atoms with van der Waals surface area (Å²) < 4.78 is 2.69. The molecule has 1 aromatic heterocycles. The molecule has 1 N–H and O–H groups in total. The molecule has 0 aliphatic carbocycles. The van der Waals surface area contributed by atoms with E-state index in [1.165, 1.54) is 9.13 Å². The zero-order chi connectivity index (χ0) is 21.0. The van der Waals surface area contributed by atoms with E-state index in [4.69, 9.17) is 0 Å². The number of hydrogen-bond acceptors (Lipinski definition) is 3. The number of para-hydroxylation sites is 1. The number of carbonyl (C=O) groups is 1. The number of hydrogen-bond donors (Lipinski definition) is 1. The van der Waals surface area contributed by atoms with Crippen molar-refractivity contribution in [3.8, 4) is 0 Å². The van der Waals surface area contributed by atoms with Crippen molar-refractivity contribution in [1.82, 2.24) is 14.5 Å². The summed E-state index contributed by atoms with van der Waals surface area (Å²) in [7, 11) is 0. The molecule has 0 fully saturated rings. The van der Waals surface area contributed by atoms with Gasteiger partial charge in [-0.25, -0.2) is 4.79 Å². The average molecular weight is 393 g/mol. The molecule has 0 spiro atoms. The van der Waals surface area contributed by atoms with Crippen LogP contribution in [-0.2, 0) is 11.3 Å². The lowest BCUT2D eigenvalue weighted by molar-refractivity contribution is -0.125. The van der Waals surface area contributed by atoms with Gasteiger partial charge in [0, 0.05) is 6.04 Å². The van der Waals surface area contributed by atoms with Crippen LogP contribution in [0.15, 0.2) is 64.2 Å². The SMILES string of the molecule is CC[C@H](C(=O)N[C@@H](C)CC)n1c(=O)n(Cc2ccccc2)c(=O)c2ccccc21. The van der Waals surface area contributed by atoms with Gasteiger partial charge in [0.05, 0.1) is 17.4 Å². The van der Waals surface area contributed by atoms with E-state index in [0.717, 1.165) is 12.0 Å². The smallest absolute Gasteiger partial charge is 0.332 e. The normalized spacial score (nSPS) is 13.2. The van der Waals surface area contributed by atoms with Crippen molar-refractivity contribution >= 4 is 16.8 Å². The summed E-state index contributed by atoms with van der Waals surface area (Å²) in [5.74, 6) is -0.209. The summed E-state index contributed by atoms with van der Waals surface area (Å²) in [5, 5.41) is 3.40. The Labute approximate surface area is 169 Å². The Morgan fingerprint density at radius 2 is 1.62 bits per heavy atom. The van der Waals surface area contributed by atoms with Gasteiger partial charge in [-0.15, -0.1) is 0 Å². The van der Waals surface area contributed by atoms with Crippen molar-refractivity contribution < 1.29 is 4.79 Å². The Kier molecular flexibility index (Phi) is 6.32. The molecule has 0 bridgehead atoms. The maximum atomic E-state index is 13.4. The fourth-order valence-electron chi connectivity index (χ4n) is 3.46. The standard InChI is InChI=1S/C23H27N3O3/c1-4-16(3)24-21(27)19(5-2)26-20-14-10-9-13-18(20)22(28)25(23(26)29)15-17-11-7-6-8-12-17/h6-14,16,19H,4-5,15H2,1-3H3,(H,24,27)/t16-,19+/m0/s1. The molecule has 0 radical (unpaired) electrons. The predicted octanol–water partition coefficient (Wildman–Crippen LogP) is 3.08. The largest absolute Gasteiger partial charge is 0.352 e. The van der Waals surface area contributed by atoms with Crippen molar-refractivity contribution in [2.45, 2.75) is 52.2 Å². The molecule has 152 valence electrons. The van der Waals surface area contributed by atoms with Crippen molar-refractivity contribution in [2.75, 3.05) is 0 Å². The highest BCUT2D eigenvalue weighted by Gasteiger charge is 2.25. The van der Waals surface area contributed by atoms with Gasteiger partial charge >= 0.3 is 5.69 Å². The number of nitrogens with zero attached hydrogens (tertiary/aromatic N) is 2. The molecule has 2 aromatic carbocycles. The number of rotatable bonds is 7. The number of carbonyl (C=O) groups excluding carboxylic acids is 1. The molecule has 0 aliphatic heterocycles. The highest BCUT2D eigenvalue weighted by atomic mass is 16.2. The fourth-order valence-corrected chi connectivity index (χ4v) is 3.46. The number of amides is 1. The molecule has 2 atom stereocenters. The summed E-state index contributed by atoms with van der Waals surface area (Å²) in [5.41, 5.74) is 0.523. The second-order valence-corrected chi connectivity index (χ2v) is 7.29. The van der Waals surface area contributed by atoms with Crippen LogP contribution in [0.5, 0.6) is 0 Å². The first-order valence-corrected chi connectivity index (χ1v) is 10.1. The molecule has 1 heterocycles. The van der Waals surface area contributed by atoms with Crippen LogP contribution >= 0.6 is 0 Å². The van der Waals surface area contributed by atoms with Gasteiger partial charge in [0.2, 0.25) is 5.91 Å². The zero-order valence-electron chi connectivity index (χ0n) is 17.1. The van der Waals surface area contributed by atoms with Crippen LogP contribution in [0.4, 0.5) is 0 Å². The van der Waals surface area contributed by atoms with E-state index in [1.54, 1.807) is 24.3 Å². The molecule has 1 amide bonds. The molecule has 0 saturated heterocycles. The van der Waals surface area contributed by atoms with Crippen molar-refractivity contribution in [2.24, 2.45) is 0 Å². The number of fused-ring (bicyclic) bond motifs is 1. The molecule has 6 nitrogen and oxygen atoms in total. The van der Waals surface area contributed by atoms with Gasteiger partial charge < -0.3 is 5.32 Å². The Morgan fingerprint density at radius 1 is 0.966 bits per heavy atom. The van der Waals surface area contributed by atoms with E-state index >= 15 is 0 Å². The summed E-state index contributed by atoms with van der Waals surface area (Å²) in [4.78, 5) is 39.4. The predicted molar refractivity (Wildman–Crippen MR) is 115 cm³/mol. The second-order valence-electron chi connectivity index (χ2n) is 7.29. The molecule has 0 saturated carbocycles. The first kappa shape index (κ1) is 20.6. The zero-order valence-corrected chi connectivity index (χ0v) is 17.1. The van der Waals surface area contributed by atoms with E-state index in [9.17, 15) is 14.4 Å². The fraction of sp³-hybridized carbons (Fsp3) is 0.348. The minimum atomic E-state index is -0.691. The van der Waals surface area contributed by atoms with Crippen molar-refractivity contribution in [1.29, 1.82) is 0 Å². The molecular formula is C23H27N3O3. The first-order valence-electron chi connectivity index (χ1n) is 10.1. The van der Waals surface area contributed by atoms with Crippen LogP contribution in [0.2, 0.25) is 0 Å². The maximum Gasteiger partial charge on any atom is 0.332 e. The van der Waals surface area contributed by atoms with E-state index in [0.29, 0.717) is 17.3 Å². The van der Waals surface area contributed by atoms with Gasteiger partial charge in [0.1, 0.15) is 6.04 Å². The van der Waals surface area contributed by atoms with Crippen molar-refractivity contribution in [3.05, 3.63) is 81.0 Å². The van der Waals surface area contributed by atoms with Crippen molar-refractivity contribution in [3.63, 3.8) is 0 Å². The third-order valence-electron chi connectivity index (χ3n) is 5.26. The lowest BCUT2D eigenvalue weighted by atomic mass is 10.1. The Hall–Kier alpha value is -3.15. The molecular weight excluding hydrogens is 366 g/mol. The van der Waals surface area contributed by atoms with Gasteiger partial charge in [-0.3, -0.25) is 18.7 Å². The van der Waals surface area contributed by atoms with Gasteiger partial charge in [0.25, 0.3) is 5.56 Å². The molecule has 29 heavy (non-hydrogen) atoms. The first-order chi connectivity index (χ1) is 14.0. The van der Waals surface area contributed by atoms with E-state index in [2.05, 4.69) is 5.32 Å². The van der Waals surface area contributed by atoms with Crippen LogP contribution < -0.4 is 16.6 Å². The van der Waals surface area contributed by atoms with Gasteiger partial charge in [-0.2, -0.15) is 0 Å². The lowest BCUT2D eigenvalue weighted by Gasteiger charge is -2.23. The van der Waals surface area contributed by atoms with Gasteiger partial charge in [-0.1, -0.05) is 56.3 Å². The Balaban J connectivity index is 2.21. The summed E-state index contributed by atoms with van der Waals surface area (Å²) in [6, 6.07) is 15.7. The number of aromatic nitrogens is 2. The third kappa shape index (κ3) is 4.16. The maximum absolute atomic E-state index is 13.4. The van der Waals surface area contributed by atoms with E-state index in [-0.39, 0.29) is 24.1 Å². The van der Waals surface area contributed by atoms with Crippen LogP contribution in [-0.4, -0.2) is 21.1 Å². The lowest BCUT2D eigenvalue weighted by Crippen LogP contribution is -2.46. The number of benzene rings is 2. The molecule has 0 unspecified atom stereocenters. The Morgan fingerprint density at radius 3 is 2.28 bits per heavy atom. The summed E-state index contributed by atoms with van der Waals surface area (Å²) in [6.45, 7) is 5.96. The van der Waals surface area contributed by atoms with Crippen LogP contribution in [0.3, 0.4) is 0 Å². The van der Waals surface area contributed by atoms with Crippen LogP contribution in [0.25, 0.3) is 10.9 Å². The van der Waals surface area contributed by atoms with E-state index in [1.807, 2.05) is 51.1 Å². The molecule has 6 heteroatoms. The monoisotopic (exact) mass is 393 g/mol. The molecule has 0 aliphatic rings. The minimum absolute atomic E-state index is 0.00809. The topological polar surface area (TPSA) is 73.1 Å². The van der Waals surface area contributed by atoms with Gasteiger partial charge in [0.15, 0.2) is 0 Å². The average Bonchev–Trinajstić information content (AvgIpc) is 2.74. The molecule has 3 aromatic rings.